The van der Waals surface area contributed by atoms with Crippen LogP contribution in [0.4, 0.5) is 0 Å². The molecule has 0 saturated carbocycles. The summed E-state index contributed by atoms with van der Waals surface area (Å²) in [6.07, 6.45) is 0. The van der Waals surface area contributed by atoms with E-state index in [-0.39, 0.29) is 23.3 Å². The molecule has 0 amide bonds. The fourth-order valence-electron chi connectivity index (χ4n) is 3.63. The van der Waals surface area contributed by atoms with E-state index in [2.05, 4.69) is 41.3 Å². The number of benzene rings is 2. The van der Waals surface area contributed by atoms with Crippen LogP contribution in [-0.2, 0) is 13.6 Å². The van der Waals surface area contributed by atoms with Crippen molar-refractivity contribution in [1.29, 1.82) is 0 Å². The Balaban J connectivity index is 0.00000182. The van der Waals surface area contributed by atoms with E-state index in [0.29, 0.717) is 5.92 Å². The number of aryl methyl sites for hydroxylation is 1. The minimum Gasteiger partial charge on any atom is -0.326 e. The molecule has 1 aliphatic rings. The van der Waals surface area contributed by atoms with Gasteiger partial charge in [-0.1, -0.05) is 47.7 Å². The number of thiazole rings is 1. The van der Waals surface area contributed by atoms with Crippen LogP contribution >= 0.6 is 23.7 Å². The number of fused-ring (bicyclic) bond motifs is 1. The summed E-state index contributed by atoms with van der Waals surface area (Å²) in [6, 6.07) is 17.0. The zero-order valence-corrected chi connectivity index (χ0v) is 15.7. The summed E-state index contributed by atoms with van der Waals surface area (Å²) in [5, 5.41) is 0. The van der Waals surface area contributed by atoms with Gasteiger partial charge in [-0.2, -0.15) is 0 Å². The van der Waals surface area contributed by atoms with Crippen LogP contribution in [0.2, 0.25) is 0 Å². The summed E-state index contributed by atoms with van der Waals surface area (Å²) in [6.45, 7) is 2.76. The van der Waals surface area contributed by atoms with Crippen molar-refractivity contribution < 1.29 is 0 Å². The first-order valence-corrected chi connectivity index (χ1v) is 9.05. The normalized spacial score (nSPS) is 20.7. The first kappa shape index (κ1) is 18.1. The molecule has 4 rings (SSSR count). The highest BCUT2D eigenvalue weighted by atomic mass is 35.5. The van der Waals surface area contributed by atoms with Gasteiger partial charge in [0.2, 0.25) is 0 Å². The Bertz CT molecular complexity index is 921. The van der Waals surface area contributed by atoms with E-state index in [1.807, 2.05) is 19.2 Å². The first-order chi connectivity index (χ1) is 11.6. The second kappa shape index (κ2) is 7.30. The molecule has 132 valence electrons. The number of nitrogens with zero attached hydrogens (tertiary/aromatic N) is 2. The molecule has 2 N–H and O–H groups in total. The van der Waals surface area contributed by atoms with Crippen molar-refractivity contribution in [1.82, 2.24) is 9.47 Å². The van der Waals surface area contributed by atoms with E-state index < -0.39 is 0 Å². The molecule has 0 radical (unpaired) electrons. The Morgan fingerprint density at radius 1 is 1.16 bits per heavy atom. The van der Waals surface area contributed by atoms with Gasteiger partial charge in [-0.15, -0.1) is 12.4 Å². The molecular formula is C19H22ClN3OS. The van der Waals surface area contributed by atoms with Crippen LogP contribution in [0.1, 0.15) is 17.0 Å². The summed E-state index contributed by atoms with van der Waals surface area (Å²) >= 11 is 1.31. The van der Waals surface area contributed by atoms with Crippen LogP contribution in [-0.4, -0.2) is 28.6 Å². The molecule has 2 aromatic carbocycles. The number of likely N-dealkylation sites (tertiary alicyclic amines) is 1. The average molecular weight is 376 g/mol. The topological polar surface area (TPSA) is 51.3 Å². The van der Waals surface area contributed by atoms with Gasteiger partial charge in [0.15, 0.2) is 0 Å². The van der Waals surface area contributed by atoms with Crippen molar-refractivity contribution in [2.75, 3.05) is 13.1 Å². The van der Waals surface area contributed by atoms with E-state index in [9.17, 15) is 4.79 Å². The molecule has 0 unspecified atom stereocenters. The van der Waals surface area contributed by atoms with Crippen LogP contribution in [0.3, 0.4) is 0 Å². The minimum absolute atomic E-state index is 0. The molecule has 0 aliphatic carbocycles. The maximum absolute atomic E-state index is 11.8. The monoisotopic (exact) mass is 375 g/mol. The lowest BCUT2D eigenvalue weighted by molar-refractivity contribution is 0.324. The summed E-state index contributed by atoms with van der Waals surface area (Å²) in [4.78, 5) is 14.3. The van der Waals surface area contributed by atoms with Crippen LogP contribution in [0.25, 0.3) is 10.2 Å². The van der Waals surface area contributed by atoms with Crippen LogP contribution in [0.15, 0.2) is 53.3 Å². The molecule has 0 spiro atoms. The van der Waals surface area contributed by atoms with Gasteiger partial charge in [-0.3, -0.25) is 9.69 Å². The number of hydrogen-bond donors (Lipinski definition) is 1. The highest BCUT2D eigenvalue weighted by Crippen LogP contribution is 2.28. The Morgan fingerprint density at radius 2 is 1.92 bits per heavy atom. The quantitative estimate of drug-likeness (QED) is 0.765. The highest BCUT2D eigenvalue weighted by molar-refractivity contribution is 7.16. The van der Waals surface area contributed by atoms with Gasteiger partial charge in [0.25, 0.3) is 0 Å². The molecule has 2 atom stereocenters. The number of rotatable bonds is 3. The molecule has 1 saturated heterocycles. The molecule has 1 fully saturated rings. The summed E-state index contributed by atoms with van der Waals surface area (Å²) in [7, 11) is 1.82. The molecule has 3 aromatic rings. The lowest BCUT2D eigenvalue weighted by Crippen LogP contribution is -2.28. The van der Waals surface area contributed by atoms with Gasteiger partial charge < -0.3 is 10.3 Å². The summed E-state index contributed by atoms with van der Waals surface area (Å²) in [5.74, 6) is 0.391. The molecule has 1 aromatic heterocycles. The van der Waals surface area contributed by atoms with Gasteiger partial charge in [-0.05, 0) is 23.3 Å². The number of halogens is 1. The third-order valence-electron chi connectivity index (χ3n) is 4.93. The van der Waals surface area contributed by atoms with Gasteiger partial charge in [0.05, 0.1) is 10.2 Å². The summed E-state index contributed by atoms with van der Waals surface area (Å²) in [5.41, 5.74) is 9.96. The van der Waals surface area contributed by atoms with Crippen molar-refractivity contribution in [2.24, 2.45) is 12.8 Å². The predicted octanol–water partition coefficient (Wildman–Crippen LogP) is 2.95. The van der Waals surface area contributed by atoms with Crippen molar-refractivity contribution in [2.45, 2.75) is 18.5 Å². The van der Waals surface area contributed by atoms with Gasteiger partial charge in [0.1, 0.15) is 0 Å². The van der Waals surface area contributed by atoms with Crippen molar-refractivity contribution in [3.8, 4) is 0 Å². The van der Waals surface area contributed by atoms with E-state index in [1.165, 1.54) is 22.5 Å². The third-order valence-corrected chi connectivity index (χ3v) is 5.93. The average Bonchev–Trinajstić information content (AvgIpc) is 3.08. The Hall–Kier alpha value is -1.66. The second-order valence-corrected chi connectivity index (χ2v) is 7.60. The third kappa shape index (κ3) is 3.51. The van der Waals surface area contributed by atoms with Crippen LogP contribution in [0, 0.1) is 0 Å². The van der Waals surface area contributed by atoms with Gasteiger partial charge in [-0.25, -0.2) is 0 Å². The molecule has 1 aliphatic heterocycles. The second-order valence-electron chi connectivity index (χ2n) is 6.60. The van der Waals surface area contributed by atoms with Crippen LogP contribution in [0.5, 0.6) is 0 Å². The van der Waals surface area contributed by atoms with Crippen molar-refractivity contribution in [3.05, 3.63) is 69.3 Å². The molecule has 2 heterocycles. The fourth-order valence-corrected chi connectivity index (χ4v) is 4.57. The first-order valence-electron chi connectivity index (χ1n) is 8.23. The molecular weight excluding hydrogens is 354 g/mol. The standard InChI is InChI=1S/C19H21N3OS.ClH/c1-21-17-8-7-13(9-18(17)24-19(21)23)10-22-11-15(16(20)12-22)14-5-3-2-4-6-14;/h2-9,15-16H,10-12,20H2,1H3;1H/t15-,16+;/m0./s1. The van der Waals surface area contributed by atoms with Crippen molar-refractivity contribution >= 4 is 34.0 Å². The molecule has 0 bridgehead atoms. The van der Waals surface area contributed by atoms with E-state index in [1.54, 1.807) is 4.57 Å². The van der Waals surface area contributed by atoms with Gasteiger partial charge >= 0.3 is 4.87 Å². The Kier molecular flexibility index (Phi) is 5.29. The largest absolute Gasteiger partial charge is 0.326 e. The predicted molar refractivity (Wildman–Crippen MR) is 107 cm³/mol. The molecule has 4 nitrogen and oxygen atoms in total. The zero-order valence-electron chi connectivity index (χ0n) is 14.1. The van der Waals surface area contributed by atoms with Crippen molar-refractivity contribution in [3.63, 3.8) is 0 Å². The maximum Gasteiger partial charge on any atom is 0.307 e. The lowest BCUT2D eigenvalue weighted by Gasteiger charge is -2.16. The van der Waals surface area contributed by atoms with E-state index >= 15 is 0 Å². The molecule has 25 heavy (non-hydrogen) atoms. The number of hydrogen-bond acceptors (Lipinski definition) is 4. The summed E-state index contributed by atoms with van der Waals surface area (Å²) < 4.78 is 2.77. The zero-order chi connectivity index (χ0) is 16.7. The van der Waals surface area contributed by atoms with E-state index in [4.69, 9.17) is 5.73 Å². The fraction of sp³-hybridized carbons (Fsp3) is 0.316. The lowest BCUT2D eigenvalue weighted by atomic mass is 9.95. The van der Waals surface area contributed by atoms with Gasteiger partial charge in [0, 0.05) is 38.6 Å². The number of nitrogens with two attached hydrogens (primary N) is 1. The molecule has 6 heteroatoms. The van der Waals surface area contributed by atoms with Crippen LogP contribution < -0.4 is 10.6 Å². The van der Waals surface area contributed by atoms with E-state index in [0.717, 1.165) is 29.9 Å². The maximum atomic E-state index is 11.8. The smallest absolute Gasteiger partial charge is 0.307 e. The number of aromatic nitrogens is 1. The highest BCUT2D eigenvalue weighted by Gasteiger charge is 2.31. The Labute approximate surface area is 157 Å². The SMILES string of the molecule is Cl.Cn1c(=O)sc2cc(CN3C[C@@H](N)[C@H](c4ccccc4)C3)ccc21. The Morgan fingerprint density at radius 3 is 2.68 bits per heavy atom. The minimum atomic E-state index is 0.